The number of benzene rings is 2. The van der Waals surface area contributed by atoms with Crippen LogP contribution in [0.1, 0.15) is 123 Å². The first-order valence-electron chi connectivity index (χ1n) is 20.7. The number of carbonyl (C=O) groups is 7. The van der Waals surface area contributed by atoms with Gasteiger partial charge in [-0.25, -0.2) is 4.98 Å². The van der Waals surface area contributed by atoms with Crippen molar-refractivity contribution in [3.8, 4) is 10.4 Å². The van der Waals surface area contributed by atoms with Crippen LogP contribution in [0.25, 0.3) is 10.4 Å². The maximum absolute atomic E-state index is 13.9. The van der Waals surface area contributed by atoms with Gasteiger partial charge < -0.3 is 20.9 Å². The van der Waals surface area contributed by atoms with Gasteiger partial charge in [-0.1, -0.05) is 76.8 Å². The van der Waals surface area contributed by atoms with E-state index in [2.05, 4.69) is 26.3 Å². The number of anilines is 1. The Balaban J connectivity index is 0.891. The van der Waals surface area contributed by atoms with Crippen LogP contribution in [-0.2, 0) is 30.5 Å². The number of piperidine rings is 1. The van der Waals surface area contributed by atoms with E-state index in [1.165, 1.54) is 0 Å². The highest BCUT2D eigenvalue weighted by Gasteiger charge is 2.46. The molecule has 0 saturated carbocycles. The summed E-state index contributed by atoms with van der Waals surface area (Å²) in [5, 5.41) is 11.5. The topological polar surface area (TPSA) is 187 Å². The maximum atomic E-state index is 13.9. The molecule has 7 amide bonds. The number of fused-ring (bicyclic) bond motifs is 1. The summed E-state index contributed by atoms with van der Waals surface area (Å²) < 4.78 is 0. The van der Waals surface area contributed by atoms with Gasteiger partial charge in [-0.3, -0.25) is 43.8 Å². The largest absolute Gasteiger partial charge is 0.384 e. The molecule has 4 N–H and O–H groups in total. The van der Waals surface area contributed by atoms with Crippen molar-refractivity contribution in [3.05, 3.63) is 70.4 Å². The van der Waals surface area contributed by atoms with Crippen molar-refractivity contribution in [1.29, 1.82) is 0 Å². The standard InChI is InChI=1S/C44H55N7O7S/c1-27-37(59-26-47-27)29-19-17-28(18-20-29)25-46-39(54)32-15-12-24-50(32)43(58)38(44(2,3)4)48-34(52)16-9-7-5-6-8-10-23-45-31-14-11-13-30-36(31)42(57)51(41(30)56)33-21-22-35(53)49-40(33)55/h11,13-14,17-20,26,32-33,38,45H,5-10,12,15-16,21-25H2,1-4H3,(H,46,54)(H,48,52)(H,49,53,55)/t32?,33?,38-/m1/s1. The zero-order valence-corrected chi connectivity index (χ0v) is 35.2. The molecule has 314 valence electrons. The third-order valence-corrected chi connectivity index (χ3v) is 12.3. The average molecular weight is 826 g/mol. The van der Waals surface area contributed by atoms with Crippen molar-refractivity contribution in [3.63, 3.8) is 0 Å². The van der Waals surface area contributed by atoms with E-state index in [0.717, 1.165) is 58.7 Å². The maximum Gasteiger partial charge on any atom is 0.264 e. The molecular formula is C44H55N7O7S. The SMILES string of the molecule is Cc1ncsc1-c1ccc(CNC(=O)C2CCCN2C(=O)[C@@H](NC(=O)CCCCCCCCNc2cccc3c2C(=O)N(C2CCC(=O)NC2=O)C3=O)C(C)(C)C)cc1. The second-order valence-corrected chi connectivity index (χ2v) is 17.6. The highest BCUT2D eigenvalue weighted by molar-refractivity contribution is 7.13. The molecule has 3 aliphatic rings. The molecule has 0 radical (unpaired) electrons. The minimum absolute atomic E-state index is 0.0655. The summed E-state index contributed by atoms with van der Waals surface area (Å²) in [4.78, 5) is 98.9. The zero-order valence-electron chi connectivity index (χ0n) is 34.4. The highest BCUT2D eigenvalue weighted by atomic mass is 32.1. The number of hydrogen-bond acceptors (Lipinski definition) is 10. The van der Waals surface area contributed by atoms with Gasteiger partial charge in [0.25, 0.3) is 11.8 Å². The normalized spacial score (nSPS) is 18.4. The fourth-order valence-electron chi connectivity index (χ4n) is 8.01. The van der Waals surface area contributed by atoms with Crippen LogP contribution in [0.4, 0.5) is 5.69 Å². The molecule has 2 saturated heterocycles. The van der Waals surface area contributed by atoms with Crippen LogP contribution in [0.15, 0.2) is 48.0 Å². The second kappa shape index (κ2) is 19.1. The van der Waals surface area contributed by atoms with Crippen LogP contribution in [0.3, 0.4) is 0 Å². The number of rotatable bonds is 17. The Kier molecular flexibility index (Phi) is 14.0. The van der Waals surface area contributed by atoms with Crippen LogP contribution in [0.2, 0.25) is 0 Å². The summed E-state index contributed by atoms with van der Waals surface area (Å²) in [5.41, 5.74) is 5.34. The third kappa shape index (κ3) is 10.2. The Labute approximate surface area is 349 Å². The summed E-state index contributed by atoms with van der Waals surface area (Å²) in [5.74, 6) is -2.73. The molecule has 0 spiro atoms. The molecule has 6 rings (SSSR count). The molecule has 2 aromatic carbocycles. The van der Waals surface area contributed by atoms with E-state index in [9.17, 15) is 33.6 Å². The summed E-state index contributed by atoms with van der Waals surface area (Å²) in [6.07, 6.45) is 6.94. The van der Waals surface area contributed by atoms with Gasteiger partial charge in [0.15, 0.2) is 0 Å². The lowest BCUT2D eigenvalue weighted by Crippen LogP contribution is -2.57. The predicted octanol–water partition coefficient (Wildman–Crippen LogP) is 5.50. The molecule has 3 atom stereocenters. The van der Waals surface area contributed by atoms with E-state index in [4.69, 9.17) is 0 Å². The number of nitrogens with one attached hydrogen (secondary N) is 4. The molecule has 3 aliphatic heterocycles. The van der Waals surface area contributed by atoms with Crippen molar-refractivity contribution in [1.82, 2.24) is 30.7 Å². The molecule has 4 heterocycles. The molecule has 15 heteroatoms. The summed E-state index contributed by atoms with van der Waals surface area (Å²) in [6, 6.07) is 10.7. The van der Waals surface area contributed by atoms with Crippen LogP contribution in [0.5, 0.6) is 0 Å². The van der Waals surface area contributed by atoms with Gasteiger partial charge in [-0.05, 0) is 67.7 Å². The van der Waals surface area contributed by atoms with Gasteiger partial charge in [-0.2, -0.15) is 0 Å². The average Bonchev–Trinajstić information content (AvgIpc) is 3.93. The number of nitrogens with zero attached hydrogens (tertiary/aromatic N) is 3. The quantitative estimate of drug-likeness (QED) is 0.101. The number of aromatic nitrogens is 1. The zero-order chi connectivity index (χ0) is 42.3. The third-order valence-electron chi connectivity index (χ3n) is 11.3. The monoisotopic (exact) mass is 825 g/mol. The number of carbonyl (C=O) groups excluding carboxylic acids is 7. The first-order valence-corrected chi connectivity index (χ1v) is 21.6. The number of likely N-dealkylation sites (tertiary alicyclic amines) is 1. The van der Waals surface area contributed by atoms with E-state index in [1.54, 1.807) is 34.4 Å². The van der Waals surface area contributed by atoms with Crippen LogP contribution >= 0.6 is 11.3 Å². The minimum atomic E-state index is -1.01. The van der Waals surface area contributed by atoms with E-state index >= 15 is 0 Å². The van der Waals surface area contributed by atoms with Crippen LogP contribution < -0.4 is 21.3 Å². The number of unbranched alkanes of at least 4 members (excludes halogenated alkanes) is 5. The van der Waals surface area contributed by atoms with Gasteiger partial charge in [0, 0.05) is 38.2 Å². The molecule has 0 bridgehead atoms. The van der Waals surface area contributed by atoms with Crippen LogP contribution in [0, 0.1) is 12.3 Å². The Hall–Kier alpha value is -5.44. The Morgan fingerprint density at radius 1 is 0.932 bits per heavy atom. The van der Waals surface area contributed by atoms with E-state index in [1.807, 2.05) is 57.5 Å². The number of imide groups is 2. The van der Waals surface area contributed by atoms with Gasteiger partial charge in [-0.15, -0.1) is 11.3 Å². The minimum Gasteiger partial charge on any atom is -0.384 e. The molecule has 1 aromatic heterocycles. The second-order valence-electron chi connectivity index (χ2n) is 16.7. The molecule has 14 nitrogen and oxygen atoms in total. The van der Waals surface area contributed by atoms with Gasteiger partial charge in [0.1, 0.15) is 18.1 Å². The Morgan fingerprint density at radius 3 is 2.36 bits per heavy atom. The molecular weight excluding hydrogens is 771 g/mol. The molecule has 3 aromatic rings. The lowest BCUT2D eigenvalue weighted by atomic mass is 9.85. The Morgan fingerprint density at radius 2 is 1.66 bits per heavy atom. The number of aryl methyl sites for hydroxylation is 1. The van der Waals surface area contributed by atoms with E-state index in [0.29, 0.717) is 51.0 Å². The number of thiazole rings is 1. The van der Waals surface area contributed by atoms with E-state index < -0.39 is 47.2 Å². The molecule has 0 aliphatic carbocycles. The molecule has 59 heavy (non-hydrogen) atoms. The van der Waals surface area contributed by atoms with Gasteiger partial charge in [0.2, 0.25) is 29.5 Å². The lowest BCUT2D eigenvalue weighted by molar-refractivity contribution is -0.144. The van der Waals surface area contributed by atoms with Crippen molar-refractivity contribution in [2.75, 3.05) is 18.4 Å². The van der Waals surface area contributed by atoms with Crippen molar-refractivity contribution in [2.24, 2.45) is 5.41 Å². The van der Waals surface area contributed by atoms with Gasteiger partial charge >= 0.3 is 0 Å². The van der Waals surface area contributed by atoms with Crippen molar-refractivity contribution >= 4 is 58.4 Å². The van der Waals surface area contributed by atoms with Crippen LogP contribution in [-0.4, -0.2) is 87.3 Å². The first kappa shape index (κ1) is 43.1. The van der Waals surface area contributed by atoms with E-state index in [-0.39, 0.29) is 41.7 Å². The predicted molar refractivity (Wildman–Crippen MR) is 224 cm³/mol. The summed E-state index contributed by atoms with van der Waals surface area (Å²) >= 11 is 1.59. The fourth-order valence-corrected chi connectivity index (χ4v) is 8.83. The summed E-state index contributed by atoms with van der Waals surface area (Å²) in [7, 11) is 0. The molecule has 2 fully saturated rings. The van der Waals surface area contributed by atoms with Crippen molar-refractivity contribution in [2.45, 2.75) is 123 Å². The van der Waals surface area contributed by atoms with Crippen molar-refractivity contribution < 1.29 is 33.6 Å². The number of hydrogen-bond donors (Lipinski definition) is 4. The highest BCUT2D eigenvalue weighted by Crippen LogP contribution is 2.33. The van der Waals surface area contributed by atoms with Gasteiger partial charge in [0.05, 0.1) is 27.2 Å². The summed E-state index contributed by atoms with van der Waals surface area (Å²) in [6.45, 7) is 9.15. The smallest absolute Gasteiger partial charge is 0.264 e. The molecule has 2 unspecified atom stereocenters. The number of amides is 7. The lowest BCUT2D eigenvalue weighted by Gasteiger charge is -2.35. The fraction of sp³-hybridized carbons (Fsp3) is 0.500. The first-order chi connectivity index (χ1) is 28.2. The Bertz CT molecular complexity index is 2080.